The second-order valence-corrected chi connectivity index (χ2v) is 8.31. The molecule has 0 aromatic heterocycles. The first-order valence-corrected chi connectivity index (χ1v) is 9.46. The molecule has 0 spiro atoms. The number of alkyl halides is 31. The first kappa shape index (κ1) is 43.8. The van der Waals surface area contributed by atoms with Crippen LogP contribution in [-0.4, -0.2) is 89.6 Å². The fourth-order valence-corrected chi connectivity index (χ4v) is 2.50. The van der Waals surface area contributed by atoms with E-state index in [2.05, 4.69) is 0 Å². The van der Waals surface area contributed by atoms with Crippen LogP contribution in [-0.2, 0) is 0 Å². The van der Waals surface area contributed by atoms with Crippen molar-refractivity contribution in [3.05, 3.63) is 0 Å². The Balaban J connectivity index is 7.57. The van der Waals surface area contributed by atoms with Gasteiger partial charge in [0.15, 0.2) is 0 Å². The molecular formula is C15HF31. The number of halogens is 31. The van der Waals surface area contributed by atoms with Crippen molar-refractivity contribution >= 4 is 0 Å². The second-order valence-electron chi connectivity index (χ2n) is 8.31. The van der Waals surface area contributed by atoms with E-state index in [4.69, 9.17) is 0 Å². The Hall–Kier alpha value is -2.17. The molecule has 0 fully saturated rings. The summed E-state index contributed by atoms with van der Waals surface area (Å²) in [4.78, 5) is 0. The third-order valence-electron chi connectivity index (χ3n) is 5.39. The lowest BCUT2D eigenvalue weighted by Crippen LogP contribution is -2.79. The zero-order valence-electron chi connectivity index (χ0n) is 19.3. The van der Waals surface area contributed by atoms with Crippen LogP contribution >= 0.6 is 0 Å². The smallest absolute Gasteiger partial charge is 0.203 e. The molecular weight excluding hydrogens is 769 g/mol. The van der Waals surface area contributed by atoms with Gasteiger partial charge in [0.25, 0.3) is 0 Å². The van der Waals surface area contributed by atoms with Crippen molar-refractivity contribution in [2.24, 2.45) is 0 Å². The van der Waals surface area contributed by atoms with Crippen molar-refractivity contribution in [2.75, 3.05) is 0 Å². The van der Waals surface area contributed by atoms with Crippen LogP contribution in [0.3, 0.4) is 0 Å². The van der Waals surface area contributed by atoms with Gasteiger partial charge in [-0.05, 0) is 0 Å². The molecule has 0 radical (unpaired) electrons. The third-order valence-corrected chi connectivity index (χ3v) is 5.39. The zero-order chi connectivity index (χ0) is 38.6. The molecule has 0 heterocycles. The molecule has 0 saturated carbocycles. The highest BCUT2D eigenvalue weighted by atomic mass is 19.4. The van der Waals surface area contributed by atoms with E-state index in [-0.39, 0.29) is 0 Å². The summed E-state index contributed by atoms with van der Waals surface area (Å²) in [5.74, 6) is -124. The fourth-order valence-electron chi connectivity index (χ4n) is 2.50. The van der Waals surface area contributed by atoms with Crippen LogP contribution < -0.4 is 0 Å². The van der Waals surface area contributed by atoms with Crippen LogP contribution in [0.4, 0.5) is 136 Å². The van der Waals surface area contributed by atoms with Crippen molar-refractivity contribution in [3.8, 4) is 0 Å². The van der Waals surface area contributed by atoms with E-state index in [1.54, 1.807) is 0 Å². The van der Waals surface area contributed by atoms with Crippen molar-refractivity contribution in [3.63, 3.8) is 0 Å². The lowest BCUT2D eigenvalue weighted by Gasteiger charge is -2.46. The Labute approximate surface area is 227 Å². The number of hydrogen-bond acceptors (Lipinski definition) is 0. The Bertz CT molecular complexity index is 1100. The molecule has 0 rings (SSSR count). The van der Waals surface area contributed by atoms with Crippen LogP contribution in [0.25, 0.3) is 0 Å². The van der Waals surface area contributed by atoms with Crippen LogP contribution in [0.1, 0.15) is 0 Å². The Morgan fingerprint density at radius 1 is 0.196 bits per heavy atom. The standard InChI is InChI=1S/C15HF31/c16-1(17)2(18,19)3(20,21)4(22,23)5(24,25)6(26,27)7(28,29)8(30,31)9(32,33)10(34,35)11(36,37)12(38,39)13(40,41)14(42,43)15(44,45)46/h1H. The third kappa shape index (κ3) is 4.78. The summed E-state index contributed by atoms with van der Waals surface area (Å²) in [7, 11) is 0. The van der Waals surface area contributed by atoms with E-state index in [1.807, 2.05) is 0 Å². The van der Waals surface area contributed by atoms with Crippen molar-refractivity contribution < 1.29 is 136 Å². The molecule has 278 valence electrons. The number of rotatable bonds is 13. The predicted octanol–water partition coefficient (Wildman–Crippen LogP) is 10.1. The Morgan fingerprint density at radius 2 is 0.326 bits per heavy atom. The maximum absolute atomic E-state index is 13.6. The van der Waals surface area contributed by atoms with Gasteiger partial charge in [-0.1, -0.05) is 0 Å². The molecule has 0 aliphatic carbocycles. The van der Waals surface area contributed by atoms with Crippen molar-refractivity contribution in [1.82, 2.24) is 0 Å². The van der Waals surface area contributed by atoms with Crippen LogP contribution in [0.15, 0.2) is 0 Å². The highest BCUT2D eigenvalue weighted by molar-refractivity contribution is 5.21. The van der Waals surface area contributed by atoms with Crippen LogP contribution in [0.2, 0.25) is 0 Å². The van der Waals surface area contributed by atoms with Gasteiger partial charge < -0.3 is 0 Å². The lowest BCUT2D eigenvalue weighted by atomic mass is 9.83. The minimum Gasteiger partial charge on any atom is -0.203 e. The molecule has 0 N–H and O–H groups in total. The highest BCUT2D eigenvalue weighted by Gasteiger charge is 3.01. The molecule has 0 aromatic rings. The maximum atomic E-state index is 13.6. The largest absolute Gasteiger partial charge is 0.460 e. The minimum absolute atomic E-state index is 6.44. The molecule has 0 nitrogen and oxygen atoms in total. The van der Waals surface area contributed by atoms with Gasteiger partial charge in [-0.2, -0.15) is 127 Å². The highest BCUT2D eigenvalue weighted by Crippen LogP contribution is 2.69. The van der Waals surface area contributed by atoms with E-state index in [9.17, 15) is 136 Å². The summed E-state index contributed by atoms with van der Waals surface area (Å²) >= 11 is 0. The van der Waals surface area contributed by atoms with Crippen molar-refractivity contribution in [2.45, 2.75) is 89.6 Å². The molecule has 0 aromatic carbocycles. The van der Waals surface area contributed by atoms with E-state index in [1.165, 1.54) is 0 Å². The summed E-state index contributed by atoms with van der Waals surface area (Å²) in [6.45, 7) is 0. The quantitative estimate of drug-likeness (QED) is 0.164. The average Bonchev–Trinajstić information content (AvgIpc) is 2.81. The average molecular weight is 770 g/mol. The maximum Gasteiger partial charge on any atom is 0.460 e. The molecule has 0 unspecified atom stereocenters. The van der Waals surface area contributed by atoms with Crippen molar-refractivity contribution in [1.29, 1.82) is 0 Å². The van der Waals surface area contributed by atoms with E-state index < -0.39 is 89.6 Å². The summed E-state index contributed by atoms with van der Waals surface area (Å²) in [6.07, 6.45) is -14.8. The Morgan fingerprint density at radius 3 is 0.457 bits per heavy atom. The monoisotopic (exact) mass is 770 g/mol. The zero-order valence-corrected chi connectivity index (χ0v) is 19.3. The van der Waals surface area contributed by atoms with Gasteiger partial charge in [0.05, 0.1) is 0 Å². The summed E-state index contributed by atoms with van der Waals surface area (Å²) < 4.78 is 405. The minimum atomic E-state index is -10.0. The molecule has 46 heavy (non-hydrogen) atoms. The molecule has 0 amide bonds. The molecule has 0 saturated heterocycles. The van der Waals surface area contributed by atoms with E-state index in [0.29, 0.717) is 0 Å². The van der Waals surface area contributed by atoms with Gasteiger partial charge in [-0.25, -0.2) is 8.78 Å². The van der Waals surface area contributed by atoms with Gasteiger partial charge in [-0.15, -0.1) is 0 Å². The van der Waals surface area contributed by atoms with Crippen LogP contribution in [0.5, 0.6) is 0 Å². The lowest BCUT2D eigenvalue weighted by molar-refractivity contribution is -0.488. The Kier molecular flexibility index (Phi) is 9.92. The SMILES string of the molecule is FC(F)C(F)(F)C(F)(F)C(F)(F)C(F)(F)C(F)(F)C(F)(F)C(F)(F)C(F)(F)C(F)(F)C(F)(F)C(F)(F)C(F)(F)C(F)(F)C(F)(F)F. The second kappa shape index (κ2) is 10.4. The number of hydrogen-bond donors (Lipinski definition) is 0. The van der Waals surface area contributed by atoms with E-state index in [0.717, 1.165) is 0 Å². The summed E-state index contributed by atoms with van der Waals surface area (Å²) in [5, 5.41) is 0. The molecule has 0 atom stereocenters. The molecule has 0 bridgehead atoms. The van der Waals surface area contributed by atoms with Gasteiger partial charge >= 0.3 is 89.6 Å². The normalized spacial score (nSPS) is 17.2. The van der Waals surface area contributed by atoms with Crippen LogP contribution in [0, 0.1) is 0 Å². The van der Waals surface area contributed by atoms with Gasteiger partial charge in [0.1, 0.15) is 0 Å². The van der Waals surface area contributed by atoms with Gasteiger partial charge in [0.2, 0.25) is 0 Å². The fraction of sp³-hybridized carbons (Fsp3) is 1.00. The first-order chi connectivity index (χ1) is 19.2. The summed E-state index contributed by atoms with van der Waals surface area (Å²) in [6, 6.07) is 0. The first-order valence-electron chi connectivity index (χ1n) is 9.46. The predicted molar refractivity (Wildman–Crippen MR) is 76.4 cm³/mol. The summed E-state index contributed by atoms with van der Waals surface area (Å²) in [5.41, 5.74) is 0. The van der Waals surface area contributed by atoms with E-state index >= 15 is 0 Å². The molecule has 31 heteroatoms. The van der Waals surface area contributed by atoms with Gasteiger partial charge in [0, 0.05) is 0 Å². The van der Waals surface area contributed by atoms with Gasteiger partial charge in [-0.3, -0.25) is 0 Å². The molecule has 0 aliphatic heterocycles. The molecule has 0 aliphatic rings. The topological polar surface area (TPSA) is 0 Å².